The maximum absolute atomic E-state index is 11.7. The third kappa shape index (κ3) is 2.56. The lowest BCUT2D eigenvalue weighted by Crippen LogP contribution is -2.40. The number of hydrogen-bond acceptors (Lipinski definition) is 3. The summed E-state index contributed by atoms with van der Waals surface area (Å²) in [4.78, 5) is 16.6. The van der Waals surface area contributed by atoms with E-state index in [2.05, 4.69) is 54.8 Å². The quantitative estimate of drug-likeness (QED) is 0.911. The summed E-state index contributed by atoms with van der Waals surface area (Å²) in [6.07, 6.45) is 1.07. The lowest BCUT2D eigenvalue weighted by Gasteiger charge is -2.38. The zero-order valence-electron chi connectivity index (χ0n) is 15.8. The summed E-state index contributed by atoms with van der Waals surface area (Å²) >= 11 is 0. The van der Waals surface area contributed by atoms with Gasteiger partial charge in [-0.25, -0.2) is 0 Å². The van der Waals surface area contributed by atoms with Crippen molar-refractivity contribution in [2.24, 2.45) is 0 Å². The second kappa shape index (κ2) is 6.35. The number of carboxylic acid groups (broad SMARTS) is 1. The van der Waals surface area contributed by atoms with Gasteiger partial charge in [-0.2, -0.15) is 0 Å². The Bertz CT molecular complexity index is 871. The Morgan fingerprint density at radius 3 is 2.46 bits per heavy atom. The van der Waals surface area contributed by atoms with Crippen LogP contribution in [0.3, 0.4) is 0 Å². The Balaban J connectivity index is 2.03. The molecule has 2 heterocycles. The Kier molecular flexibility index (Phi) is 4.14. The van der Waals surface area contributed by atoms with Crippen molar-refractivity contribution in [1.82, 2.24) is 0 Å². The van der Waals surface area contributed by atoms with Crippen molar-refractivity contribution < 1.29 is 9.90 Å². The second-order valence-corrected chi connectivity index (χ2v) is 7.41. The molecule has 0 aliphatic carbocycles. The van der Waals surface area contributed by atoms with Gasteiger partial charge < -0.3 is 14.9 Å². The van der Waals surface area contributed by atoms with E-state index >= 15 is 0 Å². The molecule has 2 aromatic rings. The zero-order valence-corrected chi connectivity index (χ0v) is 15.8. The predicted molar refractivity (Wildman–Crippen MR) is 106 cm³/mol. The average molecular weight is 350 g/mol. The number of aliphatic carboxylic acids is 1. The van der Waals surface area contributed by atoms with E-state index in [0.29, 0.717) is 0 Å². The normalized spacial score (nSPS) is 15.3. The Hall–Kier alpha value is -2.49. The molecule has 0 amide bonds. The molecule has 2 aliphatic heterocycles. The van der Waals surface area contributed by atoms with Crippen LogP contribution in [0.15, 0.2) is 24.3 Å². The molecular weight excluding hydrogens is 324 g/mol. The van der Waals surface area contributed by atoms with Gasteiger partial charge in [-0.05, 0) is 55.0 Å². The molecule has 1 N–H and O–H groups in total. The number of hydrogen-bond donors (Lipinski definition) is 1. The molecule has 0 bridgehead atoms. The molecule has 4 heteroatoms. The summed E-state index contributed by atoms with van der Waals surface area (Å²) in [6.45, 7) is 10.4. The number of rotatable bonds is 4. The largest absolute Gasteiger partial charge is 0.481 e. The molecule has 0 saturated heterocycles. The highest BCUT2D eigenvalue weighted by molar-refractivity contribution is 5.93. The van der Waals surface area contributed by atoms with Crippen LogP contribution in [0.2, 0.25) is 0 Å². The van der Waals surface area contributed by atoms with E-state index in [1.807, 2.05) is 0 Å². The van der Waals surface area contributed by atoms with Crippen molar-refractivity contribution in [1.29, 1.82) is 0 Å². The SMILES string of the molecule is CCN1CCN2CCc3c(-c4ccc(C)cc4)c(CC(=O)O)c(C)c1c32. The lowest BCUT2D eigenvalue weighted by atomic mass is 9.86. The summed E-state index contributed by atoms with van der Waals surface area (Å²) in [5.41, 5.74) is 9.58. The number of benzene rings is 2. The fourth-order valence-corrected chi connectivity index (χ4v) is 4.61. The molecule has 0 fully saturated rings. The van der Waals surface area contributed by atoms with Gasteiger partial charge >= 0.3 is 5.97 Å². The number of nitrogens with zero attached hydrogens (tertiary/aromatic N) is 2. The fourth-order valence-electron chi connectivity index (χ4n) is 4.61. The van der Waals surface area contributed by atoms with E-state index < -0.39 is 5.97 Å². The van der Waals surface area contributed by atoms with Crippen molar-refractivity contribution in [2.75, 3.05) is 36.0 Å². The molecule has 4 rings (SSSR count). The molecule has 4 nitrogen and oxygen atoms in total. The van der Waals surface area contributed by atoms with E-state index in [0.717, 1.165) is 54.9 Å². The summed E-state index contributed by atoms with van der Waals surface area (Å²) < 4.78 is 0. The minimum atomic E-state index is -0.762. The van der Waals surface area contributed by atoms with Crippen LogP contribution in [0, 0.1) is 13.8 Å². The molecule has 2 aliphatic rings. The first-order valence-corrected chi connectivity index (χ1v) is 9.48. The molecule has 0 saturated carbocycles. The number of likely N-dealkylation sites (N-methyl/N-ethyl adjacent to an activating group) is 1. The summed E-state index contributed by atoms with van der Waals surface area (Å²) in [5.74, 6) is -0.762. The maximum Gasteiger partial charge on any atom is 0.307 e. The monoisotopic (exact) mass is 350 g/mol. The Labute approximate surface area is 155 Å². The van der Waals surface area contributed by atoms with Gasteiger partial charge in [0.1, 0.15) is 0 Å². The van der Waals surface area contributed by atoms with Gasteiger partial charge in [-0.1, -0.05) is 29.8 Å². The van der Waals surface area contributed by atoms with Crippen LogP contribution in [0.4, 0.5) is 11.4 Å². The van der Waals surface area contributed by atoms with Crippen LogP contribution < -0.4 is 9.80 Å². The van der Waals surface area contributed by atoms with Crippen LogP contribution in [0.25, 0.3) is 11.1 Å². The van der Waals surface area contributed by atoms with E-state index in [9.17, 15) is 9.90 Å². The van der Waals surface area contributed by atoms with Crippen LogP contribution in [0.1, 0.15) is 29.2 Å². The van der Waals surface area contributed by atoms with Crippen molar-refractivity contribution in [2.45, 2.75) is 33.6 Å². The van der Waals surface area contributed by atoms with Gasteiger partial charge in [0.05, 0.1) is 17.8 Å². The Morgan fingerprint density at radius 2 is 1.81 bits per heavy atom. The fraction of sp³-hybridized carbons (Fsp3) is 0.409. The smallest absolute Gasteiger partial charge is 0.307 e. The van der Waals surface area contributed by atoms with E-state index in [-0.39, 0.29) is 6.42 Å². The summed E-state index contributed by atoms with van der Waals surface area (Å²) in [6, 6.07) is 8.52. The first-order chi connectivity index (χ1) is 12.5. The summed E-state index contributed by atoms with van der Waals surface area (Å²) in [7, 11) is 0. The molecule has 26 heavy (non-hydrogen) atoms. The molecular formula is C22H26N2O2. The van der Waals surface area contributed by atoms with Crippen LogP contribution in [-0.4, -0.2) is 37.3 Å². The standard InChI is InChI=1S/C22H26N2O2/c1-4-23-11-12-24-10-9-17-20(16-7-5-14(2)6-8-16)18(13-19(25)26)15(3)21(23)22(17)24/h5-8H,4,9-13H2,1-3H3,(H,25,26). The van der Waals surface area contributed by atoms with E-state index in [1.165, 1.54) is 22.5 Å². The highest BCUT2D eigenvalue weighted by Crippen LogP contribution is 2.49. The topological polar surface area (TPSA) is 43.8 Å². The van der Waals surface area contributed by atoms with Gasteiger partial charge in [0.25, 0.3) is 0 Å². The molecule has 0 radical (unpaired) electrons. The third-order valence-electron chi connectivity index (χ3n) is 5.88. The predicted octanol–water partition coefficient (Wildman–Crippen LogP) is 3.80. The van der Waals surface area contributed by atoms with Crippen LogP contribution >= 0.6 is 0 Å². The van der Waals surface area contributed by atoms with Gasteiger partial charge in [-0.3, -0.25) is 4.79 Å². The number of carboxylic acids is 1. The molecule has 0 spiro atoms. The molecule has 0 atom stereocenters. The van der Waals surface area contributed by atoms with E-state index in [1.54, 1.807) is 0 Å². The second-order valence-electron chi connectivity index (χ2n) is 7.41. The lowest BCUT2D eigenvalue weighted by molar-refractivity contribution is -0.136. The molecule has 136 valence electrons. The van der Waals surface area contributed by atoms with Crippen molar-refractivity contribution in [3.8, 4) is 11.1 Å². The molecule has 0 aromatic heterocycles. The van der Waals surface area contributed by atoms with Crippen molar-refractivity contribution >= 4 is 17.3 Å². The van der Waals surface area contributed by atoms with Crippen molar-refractivity contribution in [3.63, 3.8) is 0 Å². The van der Waals surface area contributed by atoms with E-state index in [4.69, 9.17) is 0 Å². The number of aryl methyl sites for hydroxylation is 1. The summed E-state index contributed by atoms with van der Waals surface area (Å²) in [5, 5.41) is 9.58. The minimum Gasteiger partial charge on any atom is -0.481 e. The van der Waals surface area contributed by atoms with Crippen LogP contribution in [-0.2, 0) is 17.6 Å². The molecule has 2 aromatic carbocycles. The minimum absolute atomic E-state index is 0.0763. The highest BCUT2D eigenvalue weighted by atomic mass is 16.4. The molecule has 0 unspecified atom stereocenters. The van der Waals surface area contributed by atoms with Crippen LogP contribution in [0.5, 0.6) is 0 Å². The van der Waals surface area contributed by atoms with Gasteiger partial charge in [0.15, 0.2) is 0 Å². The third-order valence-corrected chi connectivity index (χ3v) is 5.88. The number of carbonyl (C=O) groups is 1. The maximum atomic E-state index is 11.7. The van der Waals surface area contributed by atoms with Gasteiger partial charge in [0, 0.05) is 26.2 Å². The van der Waals surface area contributed by atoms with Crippen molar-refractivity contribution in [3.05, 3.63) is 46.5 Å². The number of anilines is 2. The van der Waals surface area contributed by atoms with Gasteiger partial charge in [-0.15, -0.1) is 0 Å². The first kappa shape index (κ1) is 17.0. The van der Waals surface area contributed by atoms with Gasteiger partial charge in [0.2, 0.25) is 0 Å². The average Bonchev–Trinajstić information content (AvgIpc) is 3.04. The Morgan fingerprint density at radius 1 is 1.08 bits per heavy atom. The highest BCUT2D eigenvalue weighted by Gasteiger charge is 2.34. The zero-order chi connectivity index (χ0) is 18.4. The first-order valence-electron chi connectivity index (χ1n) is 9.48.